The standard InChI is InChI=1S/C49H34/c1-49(2)47-24-10-9-19-44(47)45-26-25-32(30-48(45)49)34-20-11-22-39-36(34)21-12-23-40(39)42-27-28-43(38-17-7-6-16-37(38)42)46-29-31-13-3-4-14-33(31)35-15-5-8-18-41(35)46/h3-30H,1-2H3. The normalized spacial score (nSPS) is 13.3. The SMILES string of the molecule is CC1(C)c2ccccc2-c2ccc(-c3cccc4c(-c5ccc(-c6cc7ccccc7c7ccccc67)c6ccccc56)cccc34)cc21. The summed E-state index contributed by atoms with van der Waals surface area (Å²) in [7, 11) is 0. The molecule has 0 N–H and O–H groups in total. The van der Waals surface area contributed by atoms with Crippen LogP contribution in [0.5, 0.6) is 0 Å². The highest BCUT2D eigenvalue weighted by Crippen LogP contribution is 2.50. The van der Waals surface area contributed by atoms with E-state index in [4.69, 9.17) is 0 Å². The second kappa shape index (κ2) is 10.5. The second-order valence-electron chi connectivity index (χ2n) is 14.0. The molecule has 0 atom stereocenters. The Morgan fingerprint density at radius 2 is 0.735 bits per heavy atom. The van der Waals surface area contributed by atoms with E-state index >= 15 is 0 Å². The van der Waals surface area contributed by atoms with Crippen LogP contribution in [-0.4, -0.2) is 0 Å². The van der Waals surface area contributed by atoms with Gasteiger partial charge in [-0.3, -0.25) is 0 Å². The second-order valence-corrected chi connectivity index (χ2v) is 14.0. The molecule has 0 fully saturated rings. The summed E-state index contributed by atoms with van der Waals surface area (Å²) >= 11 is 0. The molecule has 0 bridgehead atoms. The van der Waals surface area contributed by atoms with Crippen LogP contribution in [0.2, 0.25) is 0 Å². The van der Waals surface area contributed by atoms with Gasteiger partial charge < -0.3 is 0 Å². The Hall–Kier alpha value is -5.98. The lowest BCUT2D eigenvalue weighted by atomic mass is 9.81. The van der Waals surface area contributed by atoms with E-state index in [1.165, 1.54) is 98.7 Å². The summed E-state index contributed by atoms with van der Waals surface area (Å²) in [6.45, 7) is 4.72. The number of rotatable bonds is 3. The van der Waals surface area contributed by atoms with Crippen molar-refractivity contribution >= 4 is 43.1 Å². The molecule has 0 amide bonds. The summed E-state index contributed by atoms with van der Waals surface area (Å²) in [5, 5.41) is 10.2. The summed E-state index contributed by atoms with van der Waals surface area (Å²) in [6.07, 6.45) is 0. The van der Waals surface area contributed by atoms with Gasteiger partial charge in [0.2, 0.25) is 0 Å². The van der Waals surface area contributed by atoms with Gasteiger partial charge in [0, 0.05) is 5.41 Å². The molecule has 0 saturated heterocycles. The van der Waals surface area contributed by atoms with Crippen molar-refractivity contribution in [3.63, 3.8) is 0 Å². The monoisotopic (exact) mass is 622 g/mol. The summed E-state index contributed by atoms with van der Waals surface area (Å²) < 4.78 is 0. The van der Waals surface area contributed by atoms with Crippen LogP contribution >= 0.6 is 0 Å². The van der Waals surface area contributed by atoms with Gasteiger partial charge in [0.25, 0.3) is 0 Å². The van der Waals surface area contributed by atoms with E-state index in [0.717, 1.165) is 0 Å². The van der Waals surface area contributed by atoms with Crippen molar-refractivity contribution in [1.29, 1.82) is 0 Å². The Balaban J connectivity index is 1.16. The lowest BCUT2D eigenvalue weighted by Gasteiger charge is -2.22. The third-order valence-corrected chi connectivity index (χ3v) is 11.1. The van der Waals surface area contributed by atoms with E-state index in [1.54, 1.807) is 0 Å². The van der Waals surface area contributed by atoms with Crippen LogP contribution in [0.1, 0.15) is 25.0 Å². The van der Waals surface area contributed by atoms with Gasteiger partial charge in [0.05, 0.1) is 0 Å². The van der Waals surface area contributed by atoms with Gasteiger partial charge in [-0.15, -0.1) is 0 Å². The van der Waals surface area contributed by atoms with E-state index in [9.17, 15) is 0 Å². The first-order valence-corrected chi connectivity index (χ1v) is 17.3. The maximum Gasteiger partial charge on any atom is 0.0159 e. The van der Waals surface area contributed by atoms with Crippen LogP contribution in [0, 0.1) is 0 Å². The number of benzene rings is 9. The zero-order valence-electron chi connectivity index (χ0n) is 27.7. The molecule has 230 valence electrons. The van der Waals surface area contributed by atoms with Crippen LogP contribution < -0.4 is 0 Å². The van der Waals surface area contributed by atoms with Crippen molar-refractivity contribution in [3.05, 3.63) is 181 Å². The zero-order valence-corrected chi connectivity index (χ0v) is 27.7. The van der Waals surface area contributed by atoms with Crippen LogP contribution in [0.4, 0.5) is 0 Å². The molecule has 0 saturated carbocycles. The van der Waals surface area contributed by atoms with E-state index in [-0.39, 0.29) is 5.41 Å². The van der Waals surface area contributed by atoms with Gasteiger partial charge in [-0.1, -0.05) is 172 Å². The lowest BCUT2D eigenvalue weighted by molar-refractivity contribution is 0.660. The summed E-state index contributed by atoms with van der Waals surface area (Å²) in [4.78, 5) is 0. The van der Waals surface area contributed by atoms with Crippen LogP contribution in [0.15, 0.2) is 170 Å². The molecule has 0 spiro atoms. The summed E-state index contributed by atoms with van der Waals surface area (Å²) in [6, 6.07) is 63.2. The third-order valence-electron chi connectivity index (χ3n) is 11.1. The Morgan fingerprint density at radius 1 is 0.286 bits per heavy atom. The van der Waals surface area contributed by atoms with Crippen LogP contribution in [0.25, 0.3) is 87.6 Å². The molecule has 0 heteroatoms. The van der Waals surface area contributed by atoms with Gasteiger partial charge in [-0.25, -0.2) is 0 Å². The van der Waals surface area contributed by atoms with Gasteiger partial charge in [-0.05, 0) is 111 Å². The lowest BCUT2D eigenvalue weighted by Crippen LogP contribution is -2.14. The van der Waals surface area contributed by atoms with E-state index in [1.807, 2.05) is 0 Å². The fraction of sp³-hybridized carbons (Fsp3) is 0.0612. The maximum atomic E-state index is 2.44. The van der Waals surface area contributed by atoms with Crippen molar-refractivity contribution in [2.24, 2.45) is 0 Å². The van der Waals surface area contributed by atoms with Crippen molar-refractivity contribution in [1.82, 2.24) is 0 Å². The Labute approximate surface area is 286 Å². The first-order valence-electron chi connectivity index (χ1n) is 17.3. The molecule has 0 radical (unpaired) electrons. The van der Waals surface area contributed by atoms with E-state index in [2.05, 4.69) is 184 Å². The average Bonchev–Trinajstić information content (AvgIpc) is 3.39. The topological polar surface area (TPSA) is 0 Å². The maximum absolute atomic E-state index is 2.44. The van der Waals surface area contributed by atoms with Gasteiger partial charge in [-0.2, -0.15) is 0 Å². The molecule has 0 heterocycles. The highest BCUT2D eigenvalue weighted by Gasteiger charge is 2.35. The Morgan fingerprint density at radius 3 is 1.47 bits per heavy atom. The fourth-order valence-electron chi connectivity index (χ4n) is 8.71. The molecule has 0 unspecified atom stereocenters. The fourth-order valence-corrected chi connectivity index (χ4v) is 8.71. The molecular formula is C49H34. The zero-order chi connectivity index (χ0) is 32.7. The van der Waals surface area contributed by atoms with Gasteiger partial charge in [0.15, 0.2) is 0 Å². The number of fused-ring (bicyclic) bond motifs is 8. The molecule has 1 aliphatic rings. The molecule has 9 aromatic carbocycles. The molecule has 1 aliphatic carbocycles. The third kappa shape index (κ3) is 4.11. The molecule has 0 nitrogen and oxygen atoms in total. The van der Waals surface area contributed by atoms with Gasteiger partial charge in [0.1, 0.15) is 0 Å². The minimum absolute atomic E-state index is 0.0330. The first-order chi connectivity index (χ1) is 24.1. The van der Waals surface area contributed by atoms with Crippen LogP contribution in [-0.2, 0) is 5.41 Å². The molecule has 0 aliphatic heterocycles. The molecular weight excluding hydrogens is 589 g/mol. The highest BCUT2D eigenvalue weighted by atomic mass is 14.4. The summed E-state index contributed by atoms with van der Waals surface area (Å²) in [5.41, 5.74) is 13.1. The first kappa shape index (κ1) is 28.1. The predicted molar refractivity (Wildman–Crippen MR) is 210 cm³/mol. The van der Waals surface area contributed by atoms with Crippen molar-refractivity contribution in [3.8, 4) is 44.5 Å². The van der Waals surface area contributed by atoms with Crippen LogP contribution in [0.3, 0.4) is 0 Å². The summed E-state index contributed by atoms with van der Waals surface area (Å²) in [5.74, 6) is 0. The van der Waals surface area contributed by atoms with Gasteiger partial charge >= 0.3 is 0 Å². The highest BCUT2D eigenvalue weighted by molar-refractivity contribution is 6.18. The van der Waals surface area contributed by atoms with Crippen molar-refractivity contribution in [2.45, 2.75) is 19.3 Å². The number of hydrogen-bond acceptors (Lipinski definition) is 0. The molecule has 0 aromatic heterocycles. The molecule has 10 rings (SSSR count). The average molecular weight is 623 g/mol. The smallest absolute Gasteiger partial charge is 0.0159 e. The quantitative estimate of drug-likeness (QED) is 0.172. The van der Waals surface area contributed by atoms with E-state index < -0.39 is 0 Å². The largest absolute Gasteiger partial charge is 0.0619 e. The Kier molecular flexibility index (Phi) is 6.02. The molecule has 9 aromatic rings. The van der Waals surface area contributed by atoms with Crippen molar-refractivity contribution in [2.75, 3.05) is 0 Å². The Bertz CT molecular complexity index is 2800. The molecule has 49 heavy (non-hydrogen) atoms. The van der Waals surface area contributed by atoms with E-state index in [0.29, 0.717) is 0 Å². The van der Waals surface area contributed by atoms with Crippen molar-refractivity contribution < 1.29 is 0 Å². The number of hydrogen-bond donors (Lipinski definition) is 0. The minimum Gasteiger partial charge on any atom is -0.0619 e. The predicted octanol–water partition coefficient (Wildman–Crippen LogP) is 13.6. The minimum atomic E-state index is -0.0330.